The number of hydrogen-bond acceptors (Lipinski definition) is 3. The fraction of sp³-hybridized carbons (Fsp3) is 0.375. The SMILES string of the molecule is CNc1nc(-c2ccc(C)cc2)nc(C(C)(C)C)c1I. The molecule has 0 bridgehead atoms. The zero-order valence-electron chi connectivity index (χ0n) is 12.6. The van der Waals surface area contributed by atoms with Crippen molar-refractivity contribution in [3.05, 3.63) is 39.1 Å². The van der Waals surface area contributed by atoms with Gasteiger partial charge in [-0.05, 0) is 29.5 Å². The van der Waals surface area contributed by atoms with Gasteiger partial charge in [0.05, 0.1) is 9.26 Å². The Morgan fingerprint density at radius 2 is 1.65 bits per heavy atom. The molecule has 20 heavy (non-hydrogen) atoms. The third-order valence-corrected chi connectivity index (χ3v) is 4.13. The van der Waals surface area contributed by atoms with Crippen molar-refractivity contribution in [2.24, 2.45) is 0 Å². The number of aryl methyl sites for hydroxylation is 1. The third kappa shape index (κ3) is 3.11. The monoisotopic (exact) mass is 381 g/mol. The van der Waals surface area contributed by atoms with Crippen LogP contribution >= 0.6 is 22.6 Å². The maximum atomic E-state index is 4.79. The van der Waals surface area contributed by atoms with Crippen molar-refractivity contribution in [1.82, 2.24) is 9.97 Å². The Bertz CT molecular complexity index is 613. The molecule has 4 heteroatoms. The summed E-state index contributed by atoms with van der Waals surface area (Å²) in [6.07, 6.45) is 0. The minimum Gasteiger partial charge on any atom is -0.372 e. The van der Waals surface area contributed by atoms with E-state index in [1.807, 2.05) is 7.05 Å². The first kappa shape index (κ1) is 15.2. The first-order valence-corrected chi connectivity index (χ1v) is 7.73. The average Bonchev–Trinajstić information content (AvgIpc) is 2.38. The van der Waals surface area contributed by atoms with E-state index in [2.05, 4.69) is 84.9 Å². The van der Waals surface area contributed by atoms with Gasteiger partial charge in [-0.3, -0.25) is 0 Å². The Hall–Kier alpha value is -1.17. The van der Waals surface area contributed by atoms with Gasteiger partial charge in [0.15, 0.2) is 5.82 Å². The molecule has 0 unspecified atom stereocenters. The van der Waals surface area contributed by atoms with Gasteiger partial charge in [0.1, 0.15) is 5.82 Å². The van der Waals surface area contributed by atoms with Crippen LogP contribution in [0, 0.1) is 10.5 Å². The molecule has 0 amide bonds. The quantitative estimate of drug-likeness (QED) is 0.784. The first-order chi connectivity index (χ1) is 9.32. The summed E-state index contributed by atoms with van der Waals surface area (Å²) in [7, 11) is 1.90. The Balaban J connectivity index is 2.63. The normalized spacial score (nSPS) is 11.5. The summed E-state index contributed by atoms with van der Waals surface area (Å²) in [6, 6.07) is 8.33. The molecule has 0 saturated heterocycles. The number of rotatable bonds is 2. The molecule has 0 saturated carbocycles. The van der Waals surface area contributed by atoms with Crippen LogP contribution in [0.2, 0.25) is 0 Å². The van der Waals surface area contributed by atoms with Crippen molar-refractivity contribution in [2.75, 3.05) is 12.4 Å². The van der Waals surface area contributed by atoms with Gasteiger partial charge in [-0.1, -0.05) is 50.6 Å². The van der Waals surface area contributed by atoms with Crippen LogP contribution in [0.15, 0.2) is 24.3 Å². The lowest BCUT2D eigenvalue weighted by Crippen LogP contribution is -2.18. The molecule has 3 nitrogen and oxygen atoms in total. The molecule has 0 fully saturated rings. The molecule has 1 aromatic carbocycles. The van der Waals surface area contributed by atoms with Gasteiger partial charge >= 0.3 is 0 Å². The van der Waals surface area contributed by atoms with Crippen molar-refractivity contribution in [2.45, 2.75) is 33.1 Å². The number of benzene rings is 1. The minimum atomic E-state index is -0.00941. The van der Waals surface area contributed by atoms with Crippen molar-refractivity contribution in [1.29, 1.82) is 0 Å². The van der Waals surface area contributed by atoms with Crippen LogP contribution in [0.1, 0.15) is 32.0 Å². The Labute approximate surface area is 134 Å². The zero-order valence-corrected chi connectivity index (χ0v) is 14.7. The fourth-order valence-electron chi connectivity index (χ4n) is 1.94. The smallest absolute Gasteiger partial charge is 0.161 e. The summed E-state index contributed by atoms with van der Waals surface area (Å²) in [6.45, 7) is 8.61. The van der Waals surface area contributed by atoms with Gasteiger partial charge in [0.2, 0.25) is 0 Å². The summed E-state index contributed by atoms with van der Waals surface area (Å²) in [5, 5.41) is 3.17. The maximum Gasteiger partial charge on any atom is 0.161 e. The topological polar surface area (TPSA) is 37.8 Å². The van der Waals surface area contributed by atoms with E-state index in [4.69, 9.17) is 4.98 Å². The van der Waals surface area contributed by atoms with Crippen molar-refractivity contribution in [3.63, 3.8) is 0 Å². The molecular weight excluding hydrogens is 361 g/mol. The van der Waals surface area contributed by atoms with Crippen molar-refractivity contribution < 1.29 is 0 Å². The average molecular weight is 381 g/mol. The summed E-state index contributed by atoms with van der Waals surface area (Å²) >= 11 is 2.32. The Kier molecular flexibility index (Phi) is 4.32. The summed E-state index contributed by atoms with van der Waals surface area (Å²) < 4.78 is 1.09. The lowest BCUT2D eigenvalue weighted by Gasteiger charge is -2.21. The largest absolute Gasteiger partial charge is 0.372 e. The van der Waals surface area contributed by atoms with Crippen molar-refractivity contribution in [3.8, 4) is 11.4 Å². The number of nitrogens with one attached hydrogen (secondary N) is 1. The molecule has 2 aromatic rings. The Morgan fingerprint density at radius 3 is 2.15 bits per heavy atom. The highest BCUT2D eigenvalue weighted by Crippen LogP contribution is 2.31. The second-order valence-electron chi connectivity index (χ2n) is 5.92. The minimum absolute atomic E-state index is 0.00941. The zero-order chi connectivity index (χ0) is 14.9. The number of nitrogens with zero attached hydrogens (tertiary/aromatic N) is 2. The van der Waals surface area contributed by atoms with E-state index in [0.29, 0.717) is 0 Å². The lowest BCUT2D eigenvalue weighted by molar-refractivity contribution is 0.564. The highest BCUT2D eigenvalue weighted by atomic mass is 127. The second-order valence-corrected chi connectivity index (χ2v) is 7.00. The molecule has 1 N–H and O–H groups in total. The van der Waals surface area contributed by atoms with Gasteiger partial charge in [-0.25, -0.2) is 9.97 Å². The molecule has 0 radical (unpaired) electrons. The molecule has 0 aliphatic rings. The molecule has 0 spiro atoms. The van der Waals surface area contributed by atoms with Crippen LogP contribution in [0.25, 0.3) is 11.4 Å². The molecule has 2 rings (SSSR count). The standard InChI is InChI=1S/C16H20IN3/c1-10-6-8-11(9-7-10)14-19-13(16(2,3)4)12(17)15(18-5)20-14/h6-9H,1-5H3,(H,18,19,20). The molecule has 0 atom stereocenters. The van der Waals surface area contributed by atoms with Gasteiger partial charge in [0.25, 0.3) is 0 Å². The maximum absolute atomic E-state index is 4.79. The summed E-state index contributed by atoms with van der Waals surface area (Å²) in [5.74, 6) is 1.67. The molecule has 1 heterocycles. The number of hydrogen-bond donors (Lipinski definition) is 1. The number of anilines is 1. The van der Waals surface area contributed by atoms with E-state index in [-0.39, 0.29) is 5.41 Å². The summed E-state index contributed by atoms with van der Waals surface area (Å²) in [5.41, 5.74) is 3.36. The van der Waals surface area contributed by atoms with Gasteiger partial charge < -0.3 is 5.32 Å². The number of halogens is 1. The summed E-state index contributed by atoms with van der Waals surface area (Å²) in [4.78, 5) is 9.43. The molecule has 0 aliphatic heterocycles. The van der Waals surface area contributed by atoms with Gasteiger partial charge in [0, 0.05) is 18.0 Å². The predicted molar refractivity (Wildman–Crippen MR) is 93.2 cm³/mol. The van der Waals surface area contributed by atoms with Gasteiger partial charge in [-0.15, -0.1) is 0 Å². The molecule has 0 aliphatic carbocycles. The molecular formula is C16H20IN3. The van der Waals surface area contributed by atoms with Crippen LogP contribution in [0.5, 0.6) is 0 Å². The highest BCUT2D eigenvalue weighted by Gasteiger charge is 2.23. The first-order valence-electron chi connectivity index (χ1n) is 6.65. The van der Waals surface area contributed by atoms with E-state index in [1.54, 1.807) is 0 Å². The third-order valence-electron chi connectivity index (χ3n) is 3.11. The van der Waals surface area contributed by atoms with E-state index in [9.17, 15) is 0 Å². The second kappa shape index (κ2) is 5.68. The molecule has 1 aromatic heterocycles. The van der Waals surface area contributed by atoms with E-state index in [0.717, 1.165) is 26.5 Å². The van der Waals surface area contributed by atoms with Gasteiger partial charge in [-0.2, -0.15) is 0 Å². The number of aromatic nitrogens is 2. The van der Waals surface area contributed by atoms with E-state index >= 15 is 0 Å². The van der Waals surface area contributed by atoms with Crippen molar-refractivity contribution >= 4 is 28.4 Å². The van der Waals surface area contributed by atoms with E-state index in [1.165, 1.54) is 5.56 Å². The molecule has 106 valence electrons. The van der Waals surface area contributed by atoms with E-state index < -0.39 is 0 Å². The lowest BCUT2D eigenvalue weighted by atomic mass is 9.91. The Morgan fingerprint density at radius 1 is 1.05 bits per heavy atom. The van der Waals surface area contributed by atoms with Crippen LogP contribution in [0.3, 0.4) is 0 Å². The highest BCUT2D eigenvalue weighted by molar-refractivity contribution is 14.1. The predicted octanol–water partition coefficient (Wildman–Crippen LogP) is 4.40. The van der Waals surface area contributed by atoms with Crippen LogP contribution in [-0.4, -0.2) is 17.0 Å². The van der Waals surface area contributed by atoms with Crippen LogP contribution in [0.4, 0.5) is 5.82 Å². The van der Waals surface area contributed by atoms with Crippen LogP contribution < -0.4 is 5.32 Å². The van der Waals surface area contributed by atoms with Crippen LogP contribution in [-0.2, 0) is 5.41 Å². The fourth-order valence-corrected chi connectivity index (χ4v) is 3.26.